The molecule has 8 nitrogen and oxygen atoms in total. The average molecular weight is 399 g/mol. The predicted octanol–water partition coefficient (Wildman–Crippen LogP) is 0.980. The van der Waals surface area contributed by atoms with Crippen LogP contribution in [0.5, 0.6) is 0 Å². The molecule has 0 bridgehead atoms. The van der Waals surface area contributed by atoms with Crippen LogP contribution in [0.25, 0.3) is 5.65 Å². The molecule has 9 heteroatoms. The van der Waals surface area contributed by atoms with Crippen LogP contribution in [0.1, 0.15) is 15.9 Å². The van der Waals surface area contributed by atoms with E-state index in [1.54, 1.807) is 64.1 Å². The van der Waals surface area contributed by atoms with Crippen molar-refractivity contribution in [2.45, 2.75) is 6.54 Å². The van der Waals surface area contributed by atoms with E-state index in [9.17, 15) is 14.3 Å². The summed E-state index contributed by atoms with van der Waals surface area (Å²) in [5.74, 6) is -0.187. The highest BCUT2D eigenvalue weighted by Crippen LogP contribution is 2.43. The third-order valence-corrected chi connectivity index (χ3v) is 6.99. The lowest BCUT2D eigenvalue weighted by Gasteiger charge is -2.31. The molecule has 1 aliphatic rings. The first kappa shape index (κ1) is 18.8. The van der Waals surface area contributed by atoms with E-state index in [4.69, 9.17) is 0 Å². The number of piperazine rings is 1. The van der Waals surface area contributed by atoms with Crippen LogP contribution in [0.3, 0.4) is 0 Å². The molecule has 2 aromatic heterocycles. The lowest BCUT2D eigenvalue weighted by molar-refractivity contribution is 0.0950. The van der Waals surface area contributed by atoms with Crippen molar-refractivity contribution in [2.24, 2.45) is 0 Å². The SMILES string of the molecule is O=C(NCc1ccc(P(=O)(O)N2CCNCC2)cc1)c1ccc2nccn2c1. The number of hydrogen-bond acceptors (Lipinski definition) is 4. The molecule has 1 amide bonds. The van der Waals surface area contributed by atoms with E-state index in [1.807, 2.05) is 0 Å². The van der Waals surface area contributed by atoms with E-state index in [1.165, 1.54) is 0 Å². The zero-order valence-corrected chi connectivity index (χ0v) is 16.2. The van der Waals surface area contributed by atoms with Gasteiger partial charge in [0.05, 0.1) is 10.9 Å². The van der Waals surface area contributed by atoms with Gasteiger partial charge in [-0.05, 0) is 29.8 Å². The van der Waals surface area contributed by atoms with Gasteiger partial charge in [-0.15, -0.1) is 0 Å². The number of pyridine rings is 1. The molecule has 4 rings (SSSR count). The van der Waals surface area contributed by atoms with Crippen molar-refractivity contribution in [1.82, 2.24) is 24.7 Å². The topological polar surface area (TPSA) is 99.0 Å². The van der Waals surface area contributed by atoms with Gasteiger partial charge in [0, 0.05) is 51.3 Å². The minimum absolute atomic E-state index is 0.187. The van der Waals surface area contributed by atoms with Gasteiger partial charge >= 0.3 is 0 Å². The molecular weight excluding hydrogens is 377 g/mol. The van der Waals surface area contributed by atoms with E-state index in [0.29, 0.717) is 43.6 Å². The Kier molecular flexibility index (Phi) is 5.28. The Morgan fingerprint density at radius 3 is 2.68 bits per heavy atom. The molecule has 0 aliphatic carbocycles. The van der Waals surface area contributed by atoms with Crippen molar-refractivity contribution in [3.8, 4) is 0 Å². The highest BCUT2D eigenvalue weighted by molar-refractivity contribution is 7.63. The molecule has 28 heavy (non-hydrogen) atoms. The number of aromatic nitrogens is 2. The van der Waals surface area contributed by atoms with Crippen LogP contribution >= 0.6 is 7.52 Å². The van der Waals surface area contributed by atoms with Crippen molar-refractivity contribution >= 4 is 24.4 Å². The number of rotatable bonds is 5. The Bertz CT molecular complexity index is 1030. The van der Waals surface area contributed by atoms with Crippen LogP contribution in [0, 0.1) is 0 Å². The second-order valence-corrected chi connectivity index (χ2v) is 8.88. The molecule has 1 fully saturated rings. The monoisotopic (exact) mass is 399 g/mol. The quantitative estimate of drug-likeness (QED) is 0.554. The number of imidazole rings is 1. The van der Waals surface area contributed by atoms with Gasteiger partial charge in [0.15, 0.2) is 0 Å². The van der Waals surface area contributed by atoms with E-state index in [2.05, 4.69) is 15.6 Å². The summed E-state index contributed by atoms with van der Waals surface area (Å²) >= 11 is 0. The third kappa shape index (κ3) is 3.86. The van der Waals surface area contributed by atoms with Crippen LogP contribution in [-0.2, 0) is 11.1 Å². The zero-order valence-electron chi connectivity index (χ0n) is 15.3. The van der Waals surface area contributed by atoms with Crippen molar-refractivity contribution in [3.63, 3.8) is 0 Å². The fraction of sp³-hybridized carbons (Fsp3) is 0.263. The molecule has 1 atom stereocenters. The maximum absolute atomic E-state index is 12.8. The summed E-state index contributed by atoms with van der Waals surface area (Å²) in [6, 6.07) is 10.4. The molecule has 3 heterocycles. The second-order valence-electron chi connectivity index (χ2n) is 6.71. The van der Waals surface area contributed by atoms with E-state index < -0.39 is 7.52 Å². The van der Waals surface area contributed by atoms with Crippen molar-refractivity contribution in [3.05, 3.63) is 66.1 Å². The van der Waals surface area contributed by atoms with Gasteiger partial charge in [-0.2, -0.15) is 0 Å². The van der Waals surface area contributed by atoms with Crippen LogP contribution in [0.4, 0.5) is 0 Å². The molecule has 3 N–H and O–H groups in total. The van der Waals surface area contributed by atoms with Gasteiger partial charge in [0.1, 0.15) is 5.65 Å². The first-order valence-corrected chi connectivity index (χ1v) is 10.7. The number of hydrogen-bond donors (Lipinski definition) is 3. The maximum atomic E-state index is 12.8. The molecule has 0 radical (unpaired) electrons. The standard InChI is InChI=1S/C19H22N5O3P/c25-19(16-3-6-18-21-9-10-23(18)14-16)22-13-15-1-4-17(5-2-15)28(26,27)24-11-7-20-8-12-24/h1-6,9-10,14,20H,7-8,11-13H2,(H,22,25)(H,26,27). The van der Waals surface area contributed by atoms with Gasteiger partial charge < -0.3 is 19.9 Å². The summed E-state index contributed by atoms with van der Waals surface area (Å²) in [5.41, 5.74) is 2.19. The molecular formula is C19H22N5O3P. The minimum Gasteiger partial charge on any atom is -0.348 e. The zero-order chi connectivity index (χ0) is 19.6. The highest BCUT2D eigenvalue weighted by Gasteiger charge is 2.31. The van der Waals surface area contributed by atoms with Gasteiger partial charge in [-0.3, -0.25) is 9.36 Å². The Hall–Kier alpha value is -2.51. The largest absolute Gasteiger partial charge is 0.348 e. The second kappa shape index (κ2) is 7.85. The summed E-state index contributed by atoms with van der Waals surface area (Å²) in [6.07, 6.45) is 5.20. The Morgan fingerprint density at radius 1 is 1.18 bits per heavy atom. The molecule has 1 saturated heterocycles. The molecule has 0 spiro atoms. The highest BCUT2D eigenvalue weighted by atomic mass is 31.2. The molecule has 1 aliphatic heterocycles. The number of nitrogens with zero attached hydrogens (tertiary/aromatic N) is 3. The predicted molar refractivity (Wildman–Crippen MR) is 107 cm³/mol. The first-order chi connectivity index (χ1) is 13.5. The van der Waals surface area contributed by atoms with Gasteiger partial charge in [0.2, 0.25) is 0 Å². The summed E-state index contributed by atoms with van der Waals surface area (Å²) in [5, 5.41) is 6.46. The summed E-state index contributed by atoms with van der Waals surface area (Å²) in [6.45, 7) is 2.85. The number of benzene rings is 1. The fourth-order valence-corrected chi connectivity index (χ4v) is 4.84. The van der Waals surface area contributed by atoms with Crippen LogP contribution in [0.2, 0.25) is 0 Å². The summed E-state index contributed by atoms with van der Waals surface area (Å²) < 4.78 is 16.2. The average Bonchev–Trinajstić information content (AvgIpc) is 3.21. The minimum atomic E-state index is -3.55. The lowest BCUT2D eigenvalue weighted by atomic mass is 10.2. The van der Waals surface area contributed by atoms with E-state index in [-0.39, 0.29) is 5.91 Å². The molecule has 3 aromatic rings. The van der Waals surface area contributed by atoms with Crippen molar-refractivity contribution < 1.29 is 14.3 Å². The van der Waals surface area contributed by atoms with Crippen molar-refractivity contribution in [2.75, 3.05) is 26.2 Å². The number of carbonyl (C=O) groups excluding carboxylic acids is 1. The van der Waals surface area contributed by atoms with Crippen LogP contribution in [-0.4, -0.2) is 51.0 Å². The Balaban J connectivity index is 1.40. The van der Waals surface area contributed by atoms with Crippen molar-refractivity contribution in [1.29, 1.82) is 0 Å². The molecule has 1 aromatic carbocycles. The molecule has 146 valence electrons. The summed E-state index contributed by atoms with van der Waals surface area (Å²) in [4.78, 5) is 27.0. The number of amides is 1. The van der Waals surface area contributed by atoms with Gasteiger partial charge in [-0.1, -0.05) is 12.1 Å². The van der Waals surface area contributed by atoms with Crippen LogP contribution < -0.4 is 15.9 Å². The fourth-order valence-electron chi connectivity index (χ4n) is 3.23. The maximum Gasteiger partial charge on any atom is 0.299 e. The normalized spacial score (nSPS) is 17.3. The smallest absolute Gasteiger partial charge is 0.299 e. The first-order valence-electron chi connectivity index (χ1n) is 9.13. The molecule has 1 unspecified atom stereocenters. The number of nitrogens with one attached hydrogen (secondary N) is 2. The number of carbonyl (C=O) groups is 1. The van der Waals surface area contributed by atoms with Crippen LogP contribution in [0.15, 0.2) is 55.0 Å². The lowest BCUT2D eigenvalue weighted by Crippen LogP contribution is -2.43. The Morgan fingerprint density at radius 2 is 1.93 bits per heavy atom. The van der Waals surface area contributed by atoms with Gasteiger partial charge in [-0.25, -0.2) is 9.65 Å². The van der Waals surface area contributed by atoms with E-state index >= 15 is 0 Å². The Labute approximate surface area is 162 Å². The summed E-state index contributed by atoms with van der Waals surface area (Å²) in [7, 11) is -3.55. The van der Waals surface area contributed by atoms with E-state index in [0.717, 1.165) is 11.2 Å². The molecule has 0 saturated carbocycles. The van der Waals surface area contributed by atoms with Gasteiger partial charge in [0.25, 0.3) is 13.4 Å². The third-order valence-electron chi connectivity index (χ3n) is 4.85. The number of fused-ring (bicyclic) bond motifs is 1.